The van der Waals surface area contributed by atoms with E-state index in [4.69, 9.17) is 21.1 Å². The topological polar surface area (TPSA) is 97.8 Å². The molecule has 12 heteroatoms. The Kier molecular flexibility index (Phi) is 7.42. The van der Waals surface area contributed by atoms with Crippen LogP contribution in [0.3, 0.4) is 0 Å². The molecular formula is C21H19ClF3N3O5. The number of esters is 1. The molecule has 0 aliphatic carbocycles. The maximum atomic E-state index is 12.8. The summed E-state index contributed by atoms with van der Waals surface area (Å²) in [5.41, 5.74) is -0.798. The molecule has 1 atom stereocenters. The summed E-state index contributed by atoms with van der Waals surface area (Å²) in [6, 6.07) is 5.89. The molecule has 176 valence electrons. The maximum absolute atomic E-state index is 12.8. The van der Waals surface area contributed by atoms with Crippen molar-refractivity contribution in [1.82, 2.24) is 10.3 Å². The molecule has 2 heterocycles. The second kappa shape index (κ2) is 10.1. The number of methoxy groups -OCH3 is 1. The molecule has 2 amide bonds. The number of aromatic nitrogens is 1. The zero-order valence-corrected chi connectivity index (χ0v) is 18.1. The molecule has 1 aliphatic heterocycles. The molecule has 0 spiro atoms. The van der Waals surface area contributed by atoms with Crippen molar-refractivity contribution in [1.29, 1.82) is 0 Å². The third-order valence-corrected chi connectivity index (χ3v) is 5.17. The van der Waals surface area contributed by atoms with Crippen LogP contribution in [-0.4, -0.2) is 49.1 Å². The summed E-state index contributed by atoms with van der Waals surface area (Å²) in [7, 11) is 1.47. The largest absolute Gasteiger partial charge is 0.497 e. The second-order valence-electron chi connectivity index (χ2n) is 7.09. The molecule has 0 bridgehead atoms. The Morgan fingerprint density at radius 3 is 2.55 bits per heavy atom. The number of pyridine rings is 1. The third kappa shape index (κ3) is 5.92. The van der Waals surface area contributed by atoms with Gasteiger partial charge >= 0.3 is 12.1 Å². The smallest absolute Gasteiger partial charge is 0.417 e. The fourth-order valence-electron chi connectivity index (χ4n) is 3.27. The average molecular weight is 486 g/mol. The minimum atomic E-state index is -4.60. The van der Waals surface area contributed by atoms with Crippen molar-refractivity contribution < 1.29 is 37.0 Å². The first kappa shape index (κ1) is 24.3. The van der Waals surface area contributed by atoms with E-state index in [0.717, 1.165) is 6.07 Å². The highest BCUT2D eigenvalue weighted by molar-refractivity contribution is 6.33. The van der Waals surface area contributed by atoms with Gasteiger partial charge in [-0.2, -0.15) is 13.2 Å². The number of carbonyl (C=O) groups is 3. The van der Waals surface area contributed by atoms with Crippen LogP contribution in [0.1, 0.15) is 28.8 Å². The number of benzene rings is 1. The lowest BCUT2D eigenvalue weighted by atomic mass is 10.2. The predicted octanol–water partition coefficient (Wildman–Crippen LogP) is 3.23. The van der Waals surface area contributed by atoms with Crippen molar-refractivity contribution in [2.45, 2.75) is 25.1 Å². The lowest BCUT2D eigenvalue weighted by Gasteiger charge is -2.25. The highest BCUT2D eigenvalue weighted by Crippen LogP contribution is 2.35. The van der Waals surface area contributed by atoms with Crippen molar-refractivity contribution in [2.75, 3.05) is 25.2 Å². The number of ether oxygens (including phenoxy) is 2. The molecule has 1 aliphatic rings. The summed E-state index contributed by atoms with van der Waals surface area (Å²) in [6.45, 7) is -0.390. The number of alkyl halides is 3. The molecule has 2 aromatic rings. The van der Waals surface area contributed by atoms with Crippen molar-refractivity contribution in [3.05, 3.63) is 52.7 Å². The second-order valence-corrected chi connectivity index (χ2v) is 7.50. The Bertz CT molecular complexity index is 1050. The fraction of sp³-hybridized carbons (Fsp3) is 0.333. The van der Waals surface area contributed by atoms with Crippen LogP contribution in [0.2, 0.25) is 5.02 Å². The number of nitrogens with one attached hydrogen (secondary N) is 1. The van der Waals surface area contributed by atoms with Crippen molar-refractivity contribution in [3.63, 3.8) is 0 Å². The maximum Gasteiger partial charge on any atom is 0.417 e. The van der Waals surface area contributed by atoms with Crippen LogP contribution in [0.5, 0.6) is 5.75 Å². The Hall–Kier alpha value is -3.34. The molecule has 1 fully saturated rings. The SMILES string of the molecule is COc1ccc(C(=O)NC(=O)COC(=O)[C@H]2CCCN2c2ncc(C(F)(F)F)cc2Cl)cc1. The molecular weight excluding hydrogens is 467 g/mol. The summed E-state index contributed by atoms with van der Waals surface area (Å²) in [4.78, 5) is 41.8. The van der Waals surface area contributed by atoms with Gasteiger partial charge in [-0.05, 0) is 43.2 Å². The van der Waals surface area contributed by atoms with Gasteiger partial charge in [-0.15, -0.1) is 0 Å². The Labute approximate surface area is 191 Å². The zero-order chi connectivity index (χ0) is 24.2. The highest BCUT2D eigenvalue weighted by atomic mass is 35.5. The summed E-state index contributed by atoms with van der Waals surface area (Å²) in [6.07, 6.45) is -3.08. The van der Waals surface area contributed by atoms with Gasteiger partial charge in [0.15, 0.2) is 6.61 Å². The molecule has 1 saturated heterocycles. The van der Waals surface area contributed by atoms with E-state index in [1.165, 1.54) is 24.1 Å². The quantitative estimate of drug-likeness (QED) is 0.627. The highest BCUT2D eigenvalue weighted by Gasteiger charge is 2.36. The summed E-state index contributed by atoms with van der Waals surface area (Å²) >= 11 is 5.98. The lowest BCUT2D eigenvalue weighted by Crippen LogP contribution is -2.40. The number of rotatable bonds is 6. The van der Waals surface area contributed by atoms with Crippen molar-refractivity contribution in [3.8, 4) is 5.75 Å². The molecule has 1 aromatic carbocycles. The van der Waals surface area contributed by atoms with E-state index >= 15 is 0 Å². The Morgan fingerprint density at radius 2 is 1.94 bits per heavy atom. The van der Waals surface area contributed by atoms with E-state index < -0.39 is 42.2 Å². The van der Waals surface area contributed by atoms with Crippen LogP contribution in [0.25, 0.3) is 0 Å². The molecule has 0 unspecified atom stereocenters. The first-order chi connectivity index (χ1) is 15.6. The molecule has 3 rings (SSSR count). The van der Waals surface area contributed by atoms with E-state index in [2.05, 4.69) is 10.3 Å². The molecule has 0 radical (unpaired) electrons. The van der Waals surface area contributed by atoms with Gasteiger partial charge < -0.3 is 14.4 Å². The number of anilines is 1. The number of halogens is 4. The monoisotopic (exact) mass is 485 g/mol. The Balaban J connectivity index is 1.58. The van der Waals surface area contributed by atoms with Gasteiger partial charge in [0.25, 0.3) is 11.8 Å². The summed E-state index contributed by atoms with van der Waals surface area (Å²) in [5, 5.41) is 1.85. The minimum Gasteiger partial charge on any atom is -0.497 e. The Morgan fingerprint density at radius 1 is 1.24 bits per heavy atom. The predicted molar refractivity (Wildman–Crippen MR) is 111 cm³/mol. The van der Waals surface area contributed by atoms with Crippen LogP contribution in [0, 0.1) is 0 Å². The van der Waals surface area contributed by atoms with E-state index in [1.807, 2.05) is 0 Å². The van der Waals surface area contributed by atoms with E-state index in [0.29, 0.717) is 31.3 Å². The van der Waals surface area contributed by atoms with Crippen LogP contribution in [-0.2, 0) is 20.5 Å². The van der Waals surface area contributed by atoms with Crippen molar-refractivity contribution in [2.24, 2.45) is 0 Å². The number of hydrogen-bond acceptors (Lipinski definition) is 7. The van der Waals surface area contributed by atoms with Gasteiger partial charge in [-0.25, -0.2) is 9.78 Å². The lowest BCUT2D eigenvalue weighted by molar-refractivity contribution is -0.149. The summed E-state index contributed by atoms with van der Waals surface area (Å²) < 4.78 is 48.5. The van der Waals surface area contributed by atoms with Gasteiger partial charge in [-0.3, -0.25) is 14.9 Å². The number of nitrogens with zero attached hydrogens (tertiary/aromatic N) is 2. The number of imide groups is 1. The average Bonchev–Trinajstić information content (AvgIpc) is 3.26. The fourth-order valence-corrected chi connectivity index (χ4v) is 3.55. The normalized spacial score (nSPS) is 15.8. The molecule has 1 N–H and O–H groups in total. The van der Waals surface area contributed by atoms with Crippen LogP contribution in [0.4, 0.5) is 19.0 Å². The van der Waals surface area contributed by atoms with E-state index in [-0.39, 0.29) is 16.4 Å². The molecule has 0 saturated carbocycles. The molecule has 1 aromatic heterocycles. The van der Waals surface area contributed by atoms with Gasteiger partial charge in [0.05, 0.1) is 17.7 Å². The van der Waals surface area contributed by atoms with E-state index in [1.54, 1.807) is 12.1 Å². The first-order valence-corrected chi connectivity index (χ1v) is 10.1. The van der Waals surface area contributed by atoms with Crippen LogP contribution < -0.4 is 15.0 Å². The van der Waals surface area contributed by atoms with E-state index in [9.17, 15) is 27.6 Å². The third-order valence-electron chi connectivity index (χ3n) is 4.90. The van der Waals surface area contributed by atoms with Crippen LogP contribution >= 0.6 is 11.6 Å². The van der Waals surface area contributed by atoms with Crippen LogP contribution in [0.15, 0.2) is 36.5 Å². The first-order valence-electron chi connectivity index (χ1n) is 9.74. The van der Waals surface area contributed by atoms with Crippen molar-refractivity contribution >= 4 is 35.2 Å². The summed E-state index contributed by atoms with van der Waals surface area (Å²) in [5.74, 6) is -1.74. The van der Waals surface area contributed by atoms with Gasteiger partial charge in [0, 0.05) is 18.3 Å². The number of amides is 2. The minimum absolute atomic E-state index is 0.0169. The van der Waals surface area contributed by atoms with Gasteiger partial charge in [-0.1, -0.05) is 11.6 Å². The standard InChI is InChI=1S/C21H19ClF3N3O5/c1-32-14-6-4-12(5-7-14)19(30)27-17(29)11-33-20(31)16-3-2-8-28(16)18-15(22)9-13(10-26-18)21(23,24)25/h4-7,9-10,16H,2-3,8,11H2,1H3,(H,27,29,30)/t16-/m1/s1. The number of hydrogen-bond donors (Lipinski definition) is 1. The van der Waals surface area contributed by atoms with Gasteiger partial charge in [0.2, 0.25) is 0 Å². The zero-order valence-electron chi connectivity index (χ0n) is 17.3. The molecule has 33 heavy (non-hydrogen) atoms. The number of carbonyl (C=O) groups excluding carboxylic acids is 3. The molecule has 8 nitrogen and oxygen atoms in total. The van der Waals surface area contributed by atoms with Gasteiger partial charge in [0.1, 0.15) is 17.6 Å².